The fourth-order valence-corrected chi connectivity index (χ4v) is 3.25. The molecule has 4 nitrogen and oxygen atoms in total. The van der Waals surface area contributed by atoms with Crippen LogP contribution in [0.1, 0.15) is 25.6 Å². The summed E-state index contributed by atoms with van der Waals surface area (Å²) in [6.07, 6.45) is 0. The van der Waals surface area contributed by atoms with Gasteiger partial charge in [0.05, 0.1) is 16.1 Å². The van der Waals surface area contributed by atoms with Crippen molar-refractivity contribution in [3.8, 4) is 0 Å². The molecule has 0 fully saturated rings. The molecule has 1 amide bonds. The SMILES string of the molecule is CN(C(=O)c1cccs1)c1ccccc1C(=O)OCc1ccc(Cl)cc1. The number of thiophene rings is 1. The minimum atomic E-state index is -0.485. The van der Waals surface area contributed by atoms with Crippen molar-refractivity contribution < 1.29 is 14.3 Å². The summed E-state index contributed by atoms with van der Waals surface area (Å²) in [5.41, 5.74) is 1.68. The first-order valence-electron chi connectivity index (χ1n) is 7.88. The first kappa shape index (κ1) is 18.2. The number of ether oxygens (including phenoxy) is 1. The maximum Gasteiger partial charge on any atom is 0.340 e. The van der Waals surface area contributed by atoms with Crippen LogP contribution in [0, 0.1) is 0 Å². The molecule has 1 heterocycles. The van der Waals surface area contributed by atoms with Gasteiger partial charge in [-0.1, -0.05) is 41.9 Å². The van der Waals surface area contributed by atoms with Gasteiger partial charge in [-0.3, -0.25) is 4.79 Å². The van der Waals surface area contributed by atoms with Crippen molar-refractivity contribution in [2.75, 3.05) is 11.9 Å². The van der Waals surface area contributed by atoms with E-state index >= 15 is 0 Å². The summed E-state index contributed by atoms with van der Waals surface area (Å²) in [6, 6.07) is 17.6. The normalized spacial score (nSPS) is 10.4. The zero-order valence-electron chi connectivity index (χ0n) is 14.0. The molecule has 6 heteroatoms. The molecular formula is C20H16ClNO3S. The van der Waals surface area contributed by atoms with Gasteiger partial charge in [0.1, 0.15) is 6.61 Å². The molecule has 0 spiro atoms. The molecule has 0 bridgehead atoms. The van der Waals surface area contributed by atoms with Crippen LogP contribution in [0.4, 0.5) is 5.69 Å². The number of anilines is 1. The third-order valence-electron chi connectivity index (χ3n) is 3.81. The van der Waals surface area contributed by atoms with Gasteiger partial charge in [-0.25, -0.2) is 4.79 Å². The number of benzene rings is 2. The Kier molecular flexibility index (Phi) is 5.71. The van der Waals surface area contributed by atoms with Crippen LogP contribution in [0.2, 0.25) is 5.02 Å². The Balaban J connectivity index is 1.76. The Morgan fingerprint density at radius 3 is 2.46 bits per heavy atom. The number of para-hydroxylation sites is 1. The van der Waals surface area contributed by atoms with Gasteiger partial charge >= 0.3 is 5.97 Å². The quantitative estimate of drug-likeness (QED) is 0.578. The Bertz CT molecular complexity index is 907. The summed E-state index contributed by atoms with van der Waals surface area (Å²) in [5, 5.41) is 2.46. The molecule has 3 rings (SSSR count). The maximum absolute atomic E-state index is 12.6. The average Bonchev–Trinajstić information content (AvgIpc) is 3.21. The second kappa shape index (κ2) is 8.17. The molecule has 0 unspecified atom stereocenters. The van der Waals surface area contributed by atoms with E-state index in [-0.39, 0.29) is 12.5 Å². The van der Waals surface area contributed by atoms with E-state index in [4.69, 9.17) is 16.3 Å². The van der Waals surface area contributed by atoms with Crippen LogP contribution < -0.4 is 4.90 Å². The molecule has 0 radical (unpaired) electrons. The zero-order valence-corrected chi connectivity index (χ0v) is 15.6. The van der Waals surface area contributed by atoms with E-state index in [0.717, 1.165) is 5.56 Å². The summed E-state index contributed by atoms with van der Waals surface area (Å²) < 4.78 is 5.40. The van der Waals surface area contributed by atoms with Crippen LogP contribution in [0.25, 0.3) is 0 Å². The van der Waals surface area contributed by atoms with Crippen LogP contribution in [0.3, 0.4) is 0 Å². The molecule has 132 valence electrons. The molecule has 3 aromatic rings. The largest absolute Gasteiger partial charge is 0.457 e. The van der Waals surface area contributed by atoms with E-state index in [2.05, 4.69) is 0 Å². The molecule has 0 aliphatic rings. The van der Waals surface area contributed by atoms with Crippen molar-refractivity contribution in [1.82, 2.24) is 0 Å². The lowest BCUT2D eigenvalue weighted by atomic mass is 10.1. The van der Waals surface area contributed by atoms with Gasteiger partial charge in [0.25, 0.3) is 5.91 Å². The molecular weight excluding hydrogens is 370 g/mol. The van der Waals surface area contributed by atoms with Crippen molar-refractivity contribution in [2.45, 2.75) is 6.61 Å². The summed E-state index contributed by atoms with van der Waals surface area (Å²) in [5.74, 6) is -0.653. The van der Waals surface area contributed by atoms with Crippen molar-refractivity contribution in [3.63, 3.8) is 0 Å². The van der Waals surface area contributed by atoms with Crippen molar-refractivity contribution in [1.29, 1.82) is 0 Å². The predicted octanol–water partition coefficient (Wildman–Crippen LogP) is 5.04. The molecule has 0 saturated heterocycles. The highest BCUT2D eigenvalue weighted by Crippen LogP contribution is 2.23. The van der Waals surface area contributed by atoms with Gasteiger partial charge in [0.15, 0.2) is 0 Å². The van der Waals surface area contributed by atoms with Gasteiger partial charge < -0.3 is 9.64 Å². The lowest BCUT2D eigenvalue weighted by Gasteiger charge is -2.19. The first-order chi connectivity index (χ1) is 12.6. The number of hydrogen-bond acceptors (Lipinski definition) is 4. The summed E-state index contributed by atoms with van der Waals surface area (Å²) in [7, 11) is 1.65. The van der Waals surface area contributed by atoms with E-state index in [0.29, 0.717) is 21.2 Å². The van der Waals surface area contributed by atoms with Crippen LogP contribution in [-0.2, 0) is 11.3 Å². The number of amides is 1. The summed E-state index contributed by atoms with van der Waals surface area (Å²) in [4.78, 5) is 27.2. The zero-order chi connectivity index (χ0) is 18.5. The summed E-state index contributed by atoms with van der Waals surface area (Å²) in [6.45, 7) is 0.132. The van der Waals surface area contributed by atoms with Gasteiger partial charge in [-0.05, 0) is 41.3 Å². The van der Waals surface area contributed by atoms with Crippen molar-refractivity contribution in [2.24, 2.45) is 0 Å². The molecule has 0 atom stereocenters. The van der Waals surface area contributed by atoms with Gasteiger partial charge in [-0.15, -0.1) is 11.3 Å². The van der Waals surface area contributed by atoms with E-state index in [1.54, 1.807) is 61.6 Å². The highest BCUT2D eigenvalue weighted by molar-refractivity contribution is 7.12. The number of carbonyl (C=O) groups excluding carboxylic acids is 2. The smallest absolute Gasteiger partial charge is 0.340 e. The monoisotopic (exact) mass is 385 g/mol. The van der Waals surface area contributed by atoms with Gasteiger partial charge in [0, 0.05) is 12.1 Å². The molecule has 2 aromatic carbocycles. The lowest BCUT2D eigenvalue weighted by molar-refractivity contribution is 0.0473. The number of rotatable bonds is 5. The van der Waals surface area contributed by atoms with E-state index in [1.807, 2.05) is 11.4 Å². The van der Waals surface area contributed by atoms with Gasteiger partial charge in [0.2, 0.25) is 0 Å². The number of halogens is 1. The third-order valence-corrected chi connectivity index (χ3v) is 4.91. The second-order valence-corrected chi connectivity index (χ2v) is 6.95. The summed E-state index contributed by atoms with van der Waals surface area (Å²) >= 11 is 7.21. The number of hydrogen-bond donors (Lipinski definition) is 0. The molecule has 1 aromatic heterocycles. The number of carbonyl (C=O) groups is 2. The van der Waals surface area contributed by atoms with E-state index < -0.39 is 5.97 Å². The lowest BCUT2D eigenvalue weighted by Crippen LogP contribution is -2.27. The fourth-order valence-electron chi connectivity index (χ4n) is 2.42. The Hall–Kier alpha value is -2.63. The Morgan fingerprint density at radius 2 is 1.77 bits per heavy atom. The predicted molar refractivity (Wildman–Crippen MR) is 104 cm³/mol. The topological polar surface area (TPSA) is 46.6 Å². The minimum absolute atomic E-state index is 0.132. The highest BCUT2D eigenvalue weighted by atomic mass is 35.5. The standard InChI is InChI=1S/C20H16ClNO3S/c1-22(19(23)18-7-4-12-26-18)17-6-3-2-5-16(17)20(24)25-13-14-8-10-15(21)11-9-14/h2-12H,13H2,1H3. The molecule has 0 aliphatic heterocycles. The van der Waals surface area contributed by atoms with Crippen LogP contribution in [0.5, 0.6) is 0 Å². The van der Waals surface area contributed by atoms with Crippen molar-refractivity contribution >= 4 is 40.5 Å². The van der Waals surface area contributed by atoms with Crippen LogP contribution >= 0.6 is 22.9 Å². The molecule has 0 N–H and O–H groups in total. The third kappa shape index (κ3) is 4.12. The molecule has 26 heavy (non-hydrogen) atoms. The second-order valence-electron chi connectivity index (χ2n) is 5.56. The van der Waals surface area contributed by atoms with Gasteiger partial charge in [-0.2, -0.15) is 0 Å². The molecule has 0 aliphatic carbocycles. The number of nitrogens with zero attached hydrogens (tertiary/aromatic N) is 1. The molecule has 0 saturated carbocycles. The maximum atomic E-state index is 12.6. The minimum Gasteiger partial charge on any atom is -0.457 e. The Labute approximate surface area is 160 Å². The fraction of sp³-hybridized carbons (Fsp3) is 0.100. The van der Waals surface area contributed by atoms with Crippen molar-refractivity contribution in [3.05, 3.63) is 87.1 Å². The number of esters is 1. The first-order valence-corrected chi connectivity index (χ1v) is 9.14. The van der Waals surface area contributed by atoms with E-state index in [1.165, 1.54) is 16.2 Å². The van der Waals surface area contributed by atoms with E-state index in [9.17, 15) is 9.59 Å². The highest BCUT2D eigenvalue weighted by Gasteiger charge is 2.21. The van der Waals surface area contributed by atoms with Crippen LogP contribution in [-0.4, -0.2) is 18.9 Å². The Morgan fingerprint density at radius 1 is 1.04 bits per heavy atom. The average molecular weight is 386 g/mol. The van der Waals surface area contributed by atoms with Crippen LogP contribution in [0.15, 0.2) is 66.0 Å².